The van der Waals surface area contributed by atoms with E-state index in [-0.39, 0.29) is 18.5 Å². The fraction of sp³-hybridized carbons (Fsp3) is 0.417. The topological polar surface area (TPSA) is 67.5 Å². The van der Waals surface area contributed by atoms with Crippen LogP contribution in [0, 0.1) is 5.21 Å². The first-order valence-electron chi connectivity index (χ1n) is 5.47. The Balaban J connectivity index is 2.71. The smallest absolute Gasteiger partial charge is 0.251 e. The highest BCUT2D eigenvalue weighted by molar-refractivity contribution is 5.94. The van der Waals surface area contributed by atoms with Gasteiger partial charge in [-0.2, -0.15) is 0 Å². The van der Waals surface area contributed by atoms with Gasteiger partial charge in [0.2, 0.25) is 6.54 Å². The quantitative estimate of drug-likeness (QED) is 0.492. The third kappa shape index (κ3) is 4.22. The molecule has 0 saturated carbocycles. The van der Waals surface area contributed by atoms with Gasteiger partial charge in [-0.05, 0) is 31.1 Å². The van der Waals surface area contributed by atoms with Crippen molar-refractivity contribution in [3.8, 4) is 0 Å². The summed E-state index contributed by atoms with van der Waals surface area (Å²) in [7, 11) is 1.44. The lowest BCUT2D eigenvalue weighted by atomic mass is 10.1. The summed E-state index contributed by atoms with van der Waals surface area (Å²) in [4.78, 5) is 12.2. The molecular formula is C12H17N3O2. The van der Waals surface area contributed by atoms with Crippen molar-refractivity contribution in [3.63, 3.8) is 0 Å². The number of benzene rings is 1. The number of hydroxylamine groups is 1. The van der Waals surface area contributed by atoms with E-state index in [1.165, 1.54) is 7.05 Å². The fourth-order valence-electron chi connectivity index (χ4n) is 1.33. The highest BCUT2D eigenvalue weighted by Gasteiger charge is 2.07. The fourth-order valence-corrected chi connectivity index (χ4v) is 1.33. The molecule has 0 spiro atoms. The van der Waals surface area contributed by atoms with Crippen molar-refractivity contribution in [1.29, 1.82) is 0 Å². The predicted octanol–water partition coefficient (Wildman–Crippen LogP) is 1.92. The molecule has 1 amide bonds. The lowest BCUT2D eigenvalue weighted by molar-refractivity contribution is -0.544. The summed E-state index contributed by atoms with van der Waals surface area (Å²) in [5.74, 6) is -0.106. The first kappa shape index (κ1) is 13.2. The maximum absolute atomic E-state index is 11.6. The van der Waals surface area contributed by atoms with Crippen LogP contribution in [0.4, 0.5) is 0 Å². The zero-order valence-electron chi connectivity index (χ0n) is 10.3. The molecule has 0 unspecified atom stereocenters. The maximum atomic E-state index is 11.6. The second-order valence-corrected chi connectivity index (χ2v) is 4.04. The maximum Gasteiger partial charge on any atom is 0.251 e. The van der Waals surface area contributed by atoms with E-state index in [9.17, 15) is 10.0 Å². The van der Waals surface area contributed by atoms with Gasteiger partial charge in [0.1, 0.15) is 0 Å². The molecule has 0 aliphatic carbocycles. The molecular weight excluding hydrogens is 218 g/mol. The standard InChI is InChI=1S/C12H17N3O2/c1-9(2)14-12(16)11-6-4-10(5-7-11)8-15(17)13-3/h4-7,9H,8H2,1-3H3,(H,14,16). The van der Waals surface area contributed by atoms with E-state index in [1.807, 2.05) is 13.8 Å². The van der Waals surface area contributed by atoms with Gasteiger partial charge < -0.3 is 10.5 Å². The molecule has 1 aromatic rings. The molecule has 17 heavy (non-hydrogen) atoms. The molecule has 5 nitrogen and oxygen atoms in total. The first-order valence-corrected chi connectivity index (χ1v) is 5.47. The molecule has 0 radical (unpaired) electrons. The largest absolute Gasteiger partial charge is 0.600 e. The highest BCUT2D eigenvalue weighted by atomic mass is 16.5. The number of nitrogens with zero attached hydrogens (tertiary/aromatic N) is 2. The monoisotopic (exact) mass is 235 g/mol. The van der Waals surface area contributed by atoms with Crippen molar-refractivity contribution >= 4 is 5.91 Å². The second kappa shape index (κ2) is 5.98. The molecule has 0 aliphatic heterocycles. The minimum Gasteiger partial charge on any atom is -0.600 e. The average Bonchev–Trinajstić information content (AvgIpc) is 2.28. The van der Waals surface area contributed by atoms with Crippen molar-refractivity contribution in [2.24, 2.45) is 5.11 Å². The predicted molar refractivity (Wildman–Crippen MR) is 64.7 cm³/mol. The molecule has 1 aromatic carbocycles. The number of amides is 1. The number of hydrogen-bond acceptors (Lipinski definition) is 3. The first-order chi connectivity index (χ1) is 8.02. The minimum atomic E-state index is -0.106. The average molecular weight is 235 g/mol. The van der Waals surface area contributed by atoms with Crippen molar-refractivity contribution in [3.05, 3.63) is 40.6 Å². The molecule has 0 fully saturated rings. The van der Waals surface area contributed by atoms with Crippen molar-refractivity contribution in [2.45, 2.75) is 26.4 Å². The molecule has 0 saturated heterocycles. The number of hydrogen-bond donors (Lipinski definition) is 1. The van der Waals surface area contributed by atoms with Gasteiger partial charge in [-0.25, -0.2) is 0 Å². The molecule has 92 valence electrons. The van der Waals surface area contributed by atoms with Crippen LogP contribution >= 0.6 is 0 Å². The Kier molecular flexibility index (Phi) is 4.63. The SMILES string of the molecule is CN=[N+]([O-])Cc1ccc(C(=O)NC(C)C)cc1. The molecule has 0 bridgehead atoms. The van der Waals surface area contributed by atoms with Crippen molar-refractivity contribution < 1.29 is 9.66 Å². The summed E-state index contributed by atoms with van der Waals surface area (Å²) in [5, 5.41) is 17.3. The summed E-state index contributed by atoms with van der Waals surface area (Å²) in [6.07, 6.45) is 0. The van der Waals surface area contributed by atoms with Gasteiger partial charge >= 0.3 is 0 Å². The van der Waals surface area contributed by atoms with E-state index in [4.69, 9.17) is 0 Å². The summed E-state index contributed by atoms with van der Waals surface area (Å²) in [6.45, 7) is 4.01. The Hall–Kier alpha value is -1.91. The molecule has 0 aliphatic rings. The van der Waals surface area contributed by atoms with Crippen LogP contribution < -0.4 is 5.32 Å². The van der Waals surface area contributed by atoms with E-state index in [0.29, 0.717) is 10.4 Å². The van der Waals surface area contributed by atoms with Gasteiger partial charge in [0.25, 0.3) is 5.91 Å². The molecule has 1 rings (SSSR count). The molecule has 0 aromatic heterocycles. The Bertz CT molecular complexity index is 410. The summed E-state index contributed by atoms with van der Waals surface area (Å²) < 4.78 is 0. The Labute approximate surface area is 101 Å². The van der Waals surface area contributed by atoms with Crippen molar-refractivity contribution in [1.82, 2.24) is 5.32 Å². The zero-order valence-corrected chi connectivity index (χ0v) is 10.3. The minimum absolute atomic E-state index is 0.106. The van der Waals surface area contributed by atoms with Gasteiger partial charge in [0, 0.05) is 17.2 Å². The number of carbonyl (C=O) groups excluding carboxylic acids is 1. The zero-order chi connectivity index (χ0) is 12.8. The van der Waals surface area contributed by atoms with Crippen LogP contribution in [0.5, 0.6) is 0 Å². The molecule has 5 heteroatoms. The van der Waals surface area contributed by atoms with E-state index in [1.54, 1.807) is 24.3 Å². The molecule has 1 N–H and O–H groups in total. The Morgan fingerprint density at radius 2 is 2.00 bits per heavy atom. The highest BCUT2D eigenvalue weighted by Crippen LogP contribution is 2.06. The number of rotatable bonds is 4. The van der Waals surface area contributed by atoms with E-state index < -0.39 is 0 Å². The van der Waals surface area contributed by atoms with E-state index >= 15 is 0 Å². The van der Waals surface area contributed by atoms with Crippen LogP contribution in [0.3, 0.4) is 0 Å². The van der Waals surface area contributed by atoms with Crippen LogP contribution in [0.1, 0.15) is 29.8 Å². The lowest BCUT2D eigenvalue weighted by Crippen LogP contribution is -2.29. The third-order valence-corrected chi connectivity index (χ3v) is 2.18. The van der Waals surface area contributed by atoms with Crippen molar-refractivity contribution in [2.75, 3.05) is 7.05 Å². The van der Waals surface area contributed by atoms with Gasteiger partial charge in [0.15, 0.2) is 0 Å². The third-order valence-electron chi connectivity index (χ3n) is 2.18. The van der Waals surface area contributed by atoms with Crippen LogP contribution in [0.2, 0.25) is 0 Å². The van der Waals surface area contributed by atoms with Crippen LogP contribution in [-0.4, -0.2) is 23.9 Å². The van der Waals surface area contributed by atoms with Gasteiger partial charge in [0.05, 0.1) is 7.05 Å². The Morgan fingerprint density at radius 1 is 1.41 bits per heavy atom. The Morgan fingerprint density at radius 3 is 2.47 bits per heavy atom. The summed E-state index contributed by atoms with van der Waals surface area (Å²) >= 11 is 0. The van der Waals surface area contributed by atoms with Crippen LogP contribution in [0.15, 0.2) is 29.4 Å². The lowest BCUT2D eigenvalue weighted by Gasteiger charge is -2.08. The number of azo groups is 1. The van der Waals surface area contributed by atoms with Crippen LogP contribution in [-0.2, 0) is 6.54 Å². The summed E-state index contributed by atoms with van der Waals surface area (Å²) in [5.41, 5.74) is 1.42. The number of nitrogens with one attached hydrogen (secondary N) is 1. The van der Waals surface area contributed by atoms with Gasteiger partial charge in [-0.3, -0.25) is 4.79 Å². The normalized spacial score (nSPS) is 11.6. The van der Waals surface area contributed by atoms with Gasteiger partial charge in [-0.1, -0.05) is 17.0 Å². The summed E-state index contributed by atoms with van der Waals surface area (Å²) in [6, 6.07) is 7.03. The van der Waals surface area contributed by atoms with Crippen LogP contribution in [0.25, 0.3) is 0 Å². The van der Waals surface area contributed by atoms with E-state index in [0.717, 1.165) is 5.56 Å². The number of carbonyl (C=O) groups is 1. The molecule has 0 atom stereocenters. The van der Waals surface area contributed by atoms with Gasteiger partial charge in [-0.15, -0.1) is 0 Å². The van der Waals surface area contributed by atoms with E-state index in [2.05, 4.69) is 10.4 Å². The second-order valence-electron chi connectivity index (χ2n) is 4.04. The molecule has 0 heterocycles.